The third kappa shape index (κ3) is 3.16. The lowest BCUT2D eigenvalue weighted by Gasteiger charge is -2.06. The third-order valence-corrected chi connectivity index (χ3v) is 4.07. The Bertz CT molecular complexity index is 928. The number of hydrogen-bond acceptors (Lipinski definition) is 4. The van der Waals surface area contributed by atoms with Gasteiger partial charge in [-0.25, -0.2) is 4.98 Å². The van der Waals surface area contributed by atoms with Crippen LogP contribution in [0.25, 0.3) is 5.65 Å². The van der Waals surface area contributed by atoms with Gasteiger partial charge in [0.1, 0.15) is 16.7 Å². The number of benzene rings is 1. The molecule has 2 heterocycles. The minimum absolute atomic E-state index is 0.266. The van der Waals surface area contributed by atoms with E-state index in [-0.39, 0.29) is 5.91 Å². The lowest BCUT2D eigenvalue weighted by molar-refractivity contribution is 0.102. The maximum atomic E-state index is 12.6. The van der Waals surface area contributed by atoms with E-state index in [4.69, 9.17) is 16.9 Å². The molecule has 23 heavy (non-hydrogen) atoms. The smallest absolute Gasteiger partial charge is 0.274 e. The lowest BCUT2D eigenvalue weighted by Crippen LogP contribution is -2.15. The van der Waals surface area contributed by atoms with Crippen molar-refractivity contribution in [3.63, 3.8) is 0 Å². The van der Waals surface area contributed by atoms with Crippen molar-refractivity contribution in [2.24, 2.45) is 0 Å². The van der Waals surface area contributed by atoms with Crippen molar-refractivity contribution in [3.05, 3.63) is 59.0 Å². The Morgan fingerprint density at radius 3 is 2.74 bits per heavy atom. The summed E-state index contributed by atoms with van der Waals surface area (Å²) in [6.07, 6.45) is 1.67. The summed E-state index contributed by atoms with van der Waals surface area (Å²) in [6, 6.07) is 10.6. The lowest BCUT2D eigenvalue weighted by atomic mass is 10.3. The van der Waals surface area contributed by atoms with Gasteiger partial charge in [-0.05, 0) is 55.1 Å². The molecular formula is C16H11ClN4OS. The Labute approximate surface area is 141 Å². The first kappa shape index (κ1) is 15.4. The van der Waals surface area contributed by atoms with Crippen molar-refractivity contribution < 1.29 is 4.79 Å². The van der Waals surface area contributed by atoms with Crippen LogP contribution in [0.5, 0.6) is 0 Å². The molecule has 1 N–H and O–H groups in total. The van der Waals surface area contributed by atoms with Crippen LogP contribution in [0, 0.1) is 17.6 Å². The van der Waals surface area contributed by atoms with Crippen molar-refractivity contribution in [2.45, 2.75) is 11.8 Å². The van der Waals surface area contributed by atoms with Crippen LogP contribution in [0.1, 0.15) is 16.2 Å². The molecule has 2 aromatic heterocycles. The predicted molar refractivity (Wildman–Crippen MR) is 90.8 cm³/mol. The average Bonchev–Trinajstić information content (AvgIpc) is 2.84. The fraction of sp³-hybridized carbons (Fsp3) is 0.0625. The van der Waals surface area contributed by atoms with E-state index in [0.29, 0.717) is 27.7 Å². The molecule has 0 aliphatic heterocycles. The number of pyridine rings is 1. The van der Waals surface area contributed by atoms with Gasteiger partial charge in [0.05, 0.1) is 10.7 Å². The fourth-order valence-corrected chi connectivity index (χ4v) is 2.80. The van der Waals surface area contributed by atoms with E-state index in [9.17, 15) is 4.79 Å². The minimum Gasteiger partial charge on any atom is -0.321 e. The largest absolute Gasteiger partial charge is 0.321 e. The summed E-state index contributed by atoms with van der Waals surface area (Å²) in [6.45, 7) is 1.78. The van der Waals surface area contributed by atoms with Crippen LogP contribution in [-0.4, -0.2) is 15.3 Å². The van der Waals surface area contributed by atoms with Gasteiger partial charge in [-0.1, -0.05) is 11.6 Å². The van der Waals surface area contributed by atoms with Crippen LogP contribution in [0.4, 0.5) is 5.69 Å². The van der Waals surface area contributed by atoms with Crippen LogP contribution in [-0.2, 0) is 0 Å². The van der Waals surface area contributed by atoms with Gasteiger partial charge in [-0.15, -0.1) is 0 Å². The summed E-state index contributed by atoms with van der Waals surface area (Å²) in [5, 5.41) is 14.0. The normalized spacial score (nSPS) is 10.5. The molecule has 7 heteroatoms. The number of anilines is 1. The number of halogens is 1. The summed E-state index contributed by atoms with van der Waals surface area (Å²) in [7, 11) is 0. The van der Waals surface area contributed by atoms with Gasteiger partial charge in [0, 0.05) is 16.8 Å². The first-order chi connectivity index (χ1) is 11.1. The second-order valence-electron chi connectivity index (χ2n) is 4.79. The Hall–Kier alpha value is -2.49. The standard InChI is InChI=1S/C16H11ClN4OS/c1-10-15(21-8-11(17)2-7-14(21)19-10)16(22)20-12-3-5-13(6-4-12)23-9-18/h2-8H,1H3,(H,20,22). The number of fused-ring (bicyclic) bond motifs is 1. The van der Waals surface area contributed by atoms with E-state index in [1.165, 1.54) is 0 Å². The van der Waals surface area contributed by atoms with Gasteiger partial charge < -0.3 is 5.32 Å². The number of thioether (sulfide) groups is 1. The molecule has 0 radical (unpaired) electrons. The summed E-state index contributed by atoms with van der Waals surface area (Å²) in [5.74, 6) is -0.266. The highest BCUT2D eigenvalue weighted by molar-refractivity contribution is 8.03. The number of nitrogens with one attached hydrogen (secondary N) is 1. The highest BCUT2D eigenvalue weighted by Crippen LogP contribution is 2.21. The summed E-state index contributed by atoms with van der Waals surface area (Å²) in [5.41, 5.74) is 2.38. The van der Waals surface area contributed by atoms with Crippen molar-refractivity contribution in [3.8, 4) is 5.40 Å². The molecule has 3 rings (SSSR count). The molecule has 0 saturated heterocycles. The number of imidazole rings is 1. The number of rotatable bonds is 3. The van der Waals surface area contributed by atoms with Crippen molar-refractivity contribution >= 4 is 40.6 Å². The number of carbonyl (C=O) groups is 1. The van der Waals surface area contributed by atoms with Crippen LogP contribution >= 0.6 is 23.4 Å². The Morgan fingerprint density at radius 2 is 2.04 bits per heavy atom. The van der Waals surface area contributed by atoms with E-state index < -0.39 is 0 Å². The number of aromatic nitrogens is 2. The van der Waals surface area contributed by atoms with Gasteiger partial charge in [0.25, 0.3) is 5.91 Å². The molecule has 0 saturated carbocycles. The van der Waals surface area contributed by atoms with Gasteiger partial charge >= 0.3 is 0 Å². The van der Waals surface area contributed by atoms with Crippen LogP contribution in [0.3, 0.4) is 0 Å². The van der Waals surface area contributed by atoms with Gasteiger partial charge in [0.2, 0.25) is 0 Å². The highest BCUT2D eigenvalue weighted by Gasteiger charge is 2.17. The molecule has 1 amide bonds. The number of thiocyanates is 1. The topological polar surface area (TPSA) is 70.2 Å². The Balaban J connectivity index is 1.90. The molecule has 0 unspecified atom stereocenters. The summed E-state index contributed by atoms with van der Waals surface area (Å²) >= 11 is 7.07. The van der Waals surface area contributed by atoms with E-state index in [1.54, 1.807) is 53.9 Å². The first-order valence-corrected chi connectivity index (χ1v) is 7.89. The molecule has 114 valence electrons. The number of amides is 1. The van der Waals surface area contributed by atoms with Gasteiger partial charge in [-0.3, -0.25) is 9.20 Å². The fourth-order valence-electron chi connectivity index (χ4n) is 2.26. The molecule has 0 aliphatic rings. The monoisotopic (exact) mass is 342 g/mol. The minimum atomic E-state index is -0.266. The van der Waals surface area contributed by atoms with Crippen molar-refractivity contribution in [2.75, 3.05) is 5.32 Å². The zero-order chi connectivity index (χ0) is 16.4. The molecule has 0 bridgehead atoms. The van der Waals surface area contributed by atoms with E-state index in [2.05, 4.69) is 10.3 Å². The second kappa shape index (κ2) is 6.32. The molecule has 0 atom stereocenters. The molecular weight excluding hydrogens is 332 g/mol. The zero-order valence-corrected chi connectivity index (χ0v) is 13.6. The number of nitrogens with zero attached hydrogens (tertiary/aromatic N) is 3. The third-order valence-electron chi connectivity index (χ3n) is 3.25. The predicted octanol–water partition coefficient (Wildman–Crippen LogP) is 4.12. The number of carbonyl (C=O) groups excluding carboxylic acids is 1. The SMILES string of the molecule is Cc1nc2ccc(Cl)cn2c1C(=O)Nc1ccc(SC#N)cc1. The average molecular weight is 343 g/mol. The maximum absolute atomic E-state index is 12.6. The molecule has 0 aliphatic carbocycles. The molecule has 3 aromatic rings. The van der Waals surface area contributed by atoms with E-state index >= 15 is 0 Å². The van der Waals surface area contributed by atoms with Gasteiger partial charge in [-0.2, -0.15) is 5.26 Å². The Morgan fingerprint density at radius 1 is 1.30 bits per heavy atom. The first-order valence-electron chi connectivity index (χ1n) is 6.70. The zero-order valence-electron chi connectivity index (χ0n) is 12.1. The summed E-state index contributed by atoms with van der Waals surface area (Å²) < 4.78 is 1.67. The molecule has 0 fully saturated rings. The Kier molecular flexibility index (Phi) is 4.24. The van der Waals surface area contributed by atoms with Crippen LogP contribution < -0.4 is 5.32 Å². The molecule has 0 spiro atoms. The quantitative estimate of drug-likeness (QED) is 0.574. The van der Waals surface area contributed by atoms with Gasteiger partial charge in [0.15, 0.2) is 0 Å². The maximum Gasteiger partial charge on any atom is 0.274 e. The van der Waals surface area contributed by atoms with E-state index in [0.717, 1.165) is 16.7 Å². The van der Waals surface area contributed by atoms with Crippen LogP contribution in [0.15, 0.2) is 47.5 Å². The molecule has 5 nitrogen and oxygen atoms in total. The number of nitriles is 1. The second-order valence-corrected chi connectivity index (χ2v) is 6.09. The number of hydrogen-bond donors (Lipinski definition) is 1. The van der Waals surface area contributed by atoms with Crippen molar-refractivity contribution in [1.29, 1.82) is 5.26 Å². The van der Waals surface area contributed by atoms with E-state index in [1.807, 2.05) is 5.40 Å². The summed E-state index contributed by atoms with van der Waals surface area (Å²) in [4.78, 5) is 17.7. The van der Waals surface area contributed by atoms with Crippen molar-refractivity contribution in [1.82, 2.24) is 9.38 Å². The highest BCUT2D eigenvalue weighted by atomic mass is 35.5. The molecule has 1 aromatic carbocycles. The number of aryl methyl sites for hydroxylation is 1. The van der Waals surface area contributed by atoms with Crippen LogP contribution in [0.2, 0.25) is 5.02 Å².